The van der Waals surface area contributed by atoms with Gasteiger partial charge in [-0.3, -0.25) is 15.1 Å². The van der Waals surface area contributed by atoms with Gasteiger partial charge in [-0.25, -0.2) is 4.79 Å². The van der Waals surface area contributed by atoms with Gasteiger partial charge in [0, 0.05) is 17.3 Å². The van der Waals surface area contributed by atoms with Crippen molar-refractivity contribution in [2.75, 3.05) is 10.6 Å². The molecular formula is C24H22N4O3. The van der Waals surface area contributed by atoms with Crippen LogP contribution >= 0.6 is 0 Å². The fraction of sp³-hybridized carbons (Fsp3) is 0.167. The summed E-state index contributed by atoms with van der Waals surface area (Å²) in [4.78, 5) is 29.1. The molecule has 3 aromatic rings. The Bertz CT molecular complexity index is 1140. The van der Waals surface area contributed by atoms with Crippen LogP contribution in [0.25, 0.3) is 11.3 Å². The zero-order chi connectivity index (χ0) is 22.4. The van der Waals surface area contributed by atoms with E-state index in [9.17, 15) is 14.9 Å². The molecule has 0 radical (unpaired) electrons. The number of aromatic nitrogens is 1. The number of benzene rings is 2. The molecule has 0 saturated heterocycles. The Morgan fingerprint density at radius 2 is 1.58 bits per heavy atom. The van der Waals surface area contributed by atoms with Gasteiger partial charge in [0.2, 0.25) is 0 Å². The molecule has 0 bridgehead atoms. The van der Waals surface area contributed by atoms with Crippen molar-refractivity contribution >= 4 is 23.4 Å². The Balaban J connectivity index is 1.75. The number of amides is 2. The summed E-state index contributed by atoms with van der Waals surface area (Å²) < 4.78 is 5.27. The van der Waals surface area contributed by atoms with Gasteiger partial charge < -0.3 is 10.1 Å². The fourth-order valence-corrected chi connectivity index (χ4v) is 2.81. The van der Waals surface area contributed by atoms with Gasteiger partial charge in [-0.1, -0.05) is 24.3 Å². The SMILES string of the molecule is CC(C)(C)OC(=O)Nc1ccccc1NC(=O)c1ccc(-c2ncccc2C#N)cc1. The molecule has 7 nitrogen and oxygen atoms in total. The lowest BCUT2D eigenvalue weighted by atomic mass is 10.0. The fourth-order valence-electron chi connectivity index (χ4n) is 2.81. The number of nitrogens with zero attached hydrogens (tertiary/aromatic N) is 2. The van der Waals surface area contributed by atoms with E-state index in [1.807, 2.05) is 0 Å². The Morgan fingerprint density at radius 3 is 2.19 bits per heavy atom. The average Bonchev–Trinajstić information content (AvgIpc) is 2.74. The van der Waals surface area contributed by atoms with Crippen LogP contribution in [0.1, 0.15) is 36.7 Å². The van der Waals surface area contributed by atoms with Gasteiger partial charge in [-0.2, -0.15) is 5.26 Å². The van der Waals surface area contributed by atoms with Crippen LogP contribution in [-0.4, -0.2) is 22.6 Å². The van der Waals surface area contributed by atoms with Gasteiger partial charge in [0.05, 0.1) is 22.6 Å². The first-order valence-corrected chi connectivity index (χ1v) is 9.63. The smallest absolute Gasteiger partial charge is 0.412 e. The van der Waals surface area contributed by atoms with Gasteiger partial charge in [-0.05, 0) is 57.2 Å². The number of hydrogen-bond donors (Lipinski definition) is 2. The molecule has 156 valence electrons. The first-order chi connectivity index (χ1) is 14.8. The van der Waals surface area contributed by atoms with Crippen LogP contribution in [0.4, 0.5) is 16.2 Å². The third kappa shape index (κ3) is 5.67. The number of carbonyl (C=O) groups is 2. The minimum absolute atomic E-state index is 0.341. The summed E-state index contributed by atoms with van der Waals surface area (Å²) in [5.41, 5.74) is 2.41. The normalized spacial score (nSPS) is 10.6. The second kappa shape index (κ2) is 9.09. The summed E-state index contributed by atoms with van der Waals surface area (Å²) in [5, 5.41) is 14.7. The lowest BCUT2D eigenvalue weighted by Crippen LogP contribution is -2.27. The summed E-state index contributed by atoms with van der Waals surface area (Å²) >= 11 is 0. The summed E-state index contributed by atoms with van der Waals surface area (Å²) in [6.45, 7) is 5.32. The predicted molar refractivity (Wildman–Crippen MR) is 119 cm³/mol. The number of nitrogens with one attached hydrogen (secondary N) is 2. The largest absolute Gasteiger partial charge is 0.444 e. The first-order valence-electron chi connectivity index (χ1n) is 9.63. The Kier molecular flexibility index (Phi) is 6.32. The van der Waals surface area contributed by atoms with E-state index >= 15 is 0 Å². The Hall–Kier alpha value is -4.18. The first kappa shape index (κ1) is 21.5. The van der Waals surface area contributed by atoms with E-state index in [2.05, 4.69) is 21.7 Å². The standard InChI is InChI=1S/C24H22N4O3/c1-24(2,3)31-23(30)28-20-9-5-4-8-19(20)27-22(29)17-12-10-16(11-13-17)21-18(15-25)7-6-14-26-21/h4-14H,1-3H3,(H,27,29)(H,28,30). The number of carbonyl (C=O) groups excluding carboxylic acids is 2. The number of para-hydroxylation sites is 2. The van der Waals surface area contributed by atoms with E-state index in [4.69, 9.17) is 4.74 Å². The quantitative estimate of drug-likeness (QED) is 0.609. The summed E-state index contributed by atoms with van der Waals surface area (Å²) in [6.07, 6.45) is 1.01. The maximum Gasteiger partial charge on any atom is 0.412 e. The topological polar surface area (TPSA) is 104 Å². The van der Waals surface area contributed by atoms with E-state index < -0.39 is 11.7 Å². The minimum Gasteiger partial charge on any atom is -0.444 e. The zero-order valence-electron chi connectivity index (χ0n) is 17.5. The highest BCUT2D eigenvalue weighted by atomic mass is 16.6. The molecule has 0 aliphatic rings. The van der Waals surface area contributed by atoms with Crippen LogP contribution in [0.15, 0.2) is 66.9 Å². The summed E-state index contributed by atoms with van der Waals surface area (Å²) in [5.74, 6) is -0.341. The van der Waals surface area contributed by atoms with Crippen molar-refractivity contribution in [3.8, 4) is 17.3 Å². The van der Waals surface area contributed by atoms with Crippen molar-refractivity contribution in [2.45, 2.75) is 26.4 Å². The monoisotopic (exact) mass is 414 g/mol. The number of pyridine rings is 1. The van der Waals surface area contributed by atoms with E-state index in [1.54, 1.807) is 87.6 Å². The van der Waals surface area contributed by atoms with Crippen molar-refractivity contribution < 1.29 is 14.3 Å². The zero-order valence-corrected chi connectivity index (χ0v) is 17.5. The van der Waals surface area contributed by atoms with Crippen LogP contribution in [-0.2, 0) is 4.74 Å². The molecule has 1 aromatic heterocycles. The molecule has 2 aromatic carbocycles. The highest BCUT2D eigenvalue weighted by Gasteiger charge is 2.18. The molecule has 0 atom stereocenters. The van der Waals surface area contributed by atoms with Gasteiger partial charge in [0.25, 0.3) is 5.91 Å². The average molecular weight is 414 g/mol. The number of nitriles is 1. The third-order valence-corrected chi connectivity index (χ3v) is 4.16. The van der Waals surface area contributed by atoms with Crippen molar-refractivity contribution in [3.05, 3.63) is 78.0 Å². The Labute approximate surface area is 180 Å². The summed E-state index contributed by atoms with van der Waals surface area (Å²) in [7, 11) is 0. The molecule has 1 heterocycles. The molecule has 7 heteroatoms. The van der Waals surface area contributed by atoms with Crippen LogP contribution in [0.2, 0.25) is 0 Å². The van der Waals surface area contributed by atoms with Crippen LogP contribution < -0.4 is 10.6 Å². The van der Waals surface area contributed by atoms with Gasteiger partial charge >= 0.3 is 6.09 Å². The second-order valence-corrected chi connectivity index (χ2v) is 7.72. The predicted octanol–water partition coefficient (Wildman–Crippen LogP) is 5.22. The third-order valence-electron chi connectivity index (χ3n) is 4.16. The number of anilines is 2. The van der Waals surface area contributed by atoms with E-state index in [1.165, 1.54) is 0 Å². The Morgan fingerprint density at radius 1 is 0.935 bits per heavy atom. The summed E-state index contributed by atoms with van der Waals surface area (Å²) in [6, 6.07) is 19.2. The molecule has 0 unspecified atom stereocenters. The highest BCUT2D eigenvalue weighted by Crippen LogP contribution is 2.24. The molecule has 2 amide bonds. The molecule has 0 saturated carbocycles. The molecule has 2 N–H and O–H groups in total. The number of ether oxygens (including phenoxy) is 1. The van der Waals surface area contributed by atoms with E-state index in [0.29, 0.717) is 28.2 Å². The molecule has 0 fully saturated rings. The molecule has 0 spiro atoms. The van der Waals surface area contributed by atoms with Crippen molar-refractivity contribution in [1.82, 2.24) is 4.98 Å². The molecule has 3 rings (SSSR count). The lowest BCUT2D eigenvalue weighted by molar-refractivity contribution is 0.0635. The highest BCUT2D eigenvalue weighted by molar-refractivity contribution is 6.07. The maximum absolute atomic E-state index is 12.7. The van der Waals surface area contributed by atoms with Crippen LogP contribution in [0, 0.1) is 11.3 Å². The maximum atomic E-state index is 12.7. The molecule has 0 aliphatic heterocycles. The number of rotatable bonds is 4. The van der Waals surface area contributed by atoms with Crippen LogP contribution in [0.3, 0.4) is 0 Å². The van der Waals surface area contributed by atoms with Crippen molar-refractivity contribution in [1.29, 1.82) is 5.26 Å². The van der Waals surface area contributed by atoms with Gasteiger partial charge in [-0.15, -0.1) is 0 Å². The number of hydrogen-bond acceptors (Lipinski definition) is 5. The minimum atomic E-state index is -0.636. The van der Waals surface area contributed by atoms with Gasteiger partial charge in [0.15, 0.2) is 0 Å². The second-order valence-electron chi connectivity index (χ2n) is 7.72. The molecular weight excluding hydrogens is 392 g/mol. The van der Waals surface area contributed by atoms with Crippen molar-refractivity contribution in [2.24, 2.45) is 0 Å². The lowest BCUT2D eigenvalue weighted by Gasteiger charge is -2.20. The van der Waals surface area contributed by atoms with E-state index in [0.717, 1.165) is 5.56 Å². The molecule has 0 aliphatic carbocycles. The van der Waals surface area contributed by atoms with Crippen molar-refractivity contribution in [3.63, 3.8) is 0 Å². The van der Waals surface area contributed by atoms with E-state index in [-0.39, 0.29) is 5.91 Å². The molecule has 31 heavy (non-hydrogen) atoms. The van der Waals surface area contributed by atoms with Gasteiger partial charge in [0.1, 0.15) is 11.7 Å². The van der Waals surface area contributed by atoms with Crippen LogP contribution in [0.5, 0.6) is 0 Å².